The van der Waals surface area contributed by atoms with E-state index in [0.717, 1.165) is 17.7 Å². The van der Waals surface area contributed by atoms with E-state index in [1.165, 1.54) is 31.2 Å². The zero-order valence-corrected chi connectivity index (χ0v) is 11.2. The average Bonchev–Trinajstić information content (AvgIpc) is 2.40. The van der Waals surface area contributed by atoms with E-state index in [1.807, 2.05) is 0 Å². The summed E-state index contributed by atoms with van der Waals surface area (Å²) in [7, 11) is 1.50. The van der Waals surface area contributed by atoms with Crippen LogP contribution >= 0.6 is 11.9 Å². The van der Waals surface area contributed by atoms with Crippen molar-refractivity contribution in [3.8, 4) is 5.75 Å². The summed E-state index contributed by atoms with van der Waals surface area (Å²) in [6, 6.07) is 4.31. The number of methoxy groups -OCH3 is 1. The normalized spacial score (nSPS) is 12.4. The Labute approximate surface area is 111 Å². The molecule has 1 unspecified atom stereocenters. The van der Waals surface area contributed by atoms with Gasteiger partial charge in [0.2, 0.25) is 0 Å². The first-order valence-corrected chi connectivity index (χ1v) is 6.59. The molecule has 0 amide bonds. The molecule has 0 spiro atoms. The van der Waals surface area contributed by atoms with Crippen LogP contribution in [-0.2, 0) is 0 Å². The summed E-state index contributed by atoms with van der Waals surface area (Å²) in [5.41, 5.74) is 5.42. The first-order valence-electron chi connectivity index (χ1n) is 5.78. The number of ether oxygens (including phenoxy) is 1. The Kier molecular flexibility index (Phi) is 7.04. The van der Waals surface area contributed by atoms with Gasteiger partial charge in [-0.05, 0) is 43.5 Å². The topological polar surface area (TPSA) is 67.5 Å². The van der Waals surface area contributed by atoms with Crippen LogP contribution in [-0.4, -0.2) is 31.4 Å². The van der Waals surface area contributed by atoms with Gasteiger partial charge in [0, 0.05) is 12.1 Å². The highest BCUT2D eigenvalue weighted by Crippen LogP contribution is 2.28. The lowest BCUT2D eigenvalue weighted by atomic mass is 10.2. The molecule has 0 aliphatic rings. The van der Waals surface area contributed by atoms with Gasteiger partial charge in [0.15, 0.2) is 0 Å². The molecule has 6 heteroatoms. The van der Waals surface area contributed by atoms with Crippen molar-refractivity contribution < 1.29 is 14.2 Å². The number of nitrogens with two attached hydrogens (primary N) is 1. The minimum absolute atomic E-state index is 0.0340. The van der Waals surface area contributed by atoms with Gasteiger partial charge in [-0.25, -0.2) is 4.39 Å². The summed E-state index contributed by atoms with van der Waals surface area (Å²) in [5.74, 6) is 0.140. The number of aliphatic hydroxyl groups is 1. The second-order valence-electron chi connectivity index (χ2n) is 3.83. The summed E-state index contributed by atoms with van der Waals surface area (Å²) in [6.45, 7) is 0.638. The third kappa shape index (κ3) is 4.81. The molecule has 0 aliphatic carbocycles. The molecule has 0 aromatic heterocycles. The predicted molar refractivity (Wildman–Crippen MR) is 71.1 cm³/mol. The Morgan fingerprint density at radius 2 is 2.33 bits per heavy atom. The van der Waals surface area contributed by atoms with E-state index >= 15 is 0 Å². The number of nitrogens with one attached hydrogen (secondary N) is 1. The van der Waals surface area contributed by atoms with Crippen molar-refractivity contribution in [2.45, 2.75) is 23.8 Å². The van der Waals surface area contributed by atoms with Gasteiger partial charge in [-0.15, -0.1) is 0 Å². The molecular formula is C12H19FN2O2S. The average molecular weight is 274 g/mol. The Morgan fingerprint density at radius 3 is 2.94 bits per heavy atom. The zero-order valence-electron chi connectivity index (χ0n) is 10.4. The van der Waals surface area contributed by atoms with Crippen LogP contribution in [0.25, 0.3) is 0 Å². The minimum Gasteiger partial charge on any atom is -0.495 e. The zero-order chi connectivity index (χ0) is 13.4. The van der Waals surface area contributed by atoms with E-state index in [-0.39, 0.29) is 18.5 Å². The van der Waals surface area contributed by atoms with Crippen molar-refractivity contribution >= 4 is 11.9 Å². The Balaban J connectivity index is 2.56. The summed E-state index contributed by atoms with van der Waals surface area (Å²) in [6.07, 6.45) is 1.64. The molecule has 0 bridgehead atoms. The number of hydrogen-bond donors (Lipinski definition) is 3. The van der Waals surface area contributed by atoms with Crippen molar-refractivity contribution in [2.24, 2.45) is 5.73 Å². The van der Waals surface area contributed by atoms with Gasteiger partial charge < -0.3 is 15.6 Å². The molecule has 18 heavy (non-hydrogen) atoms. The van der Waals surface area contributed by atoms with Gasteiger partial charge in [0.25, 0.3) is 0 Å². The van der Waals surface area contributed by atoms with E-state index in [2.05, 4.69) is 4.72 Å². The van der Waals surface area contributed by atoms with E-state index in [1.54, 1.807) is 6.07 Å². The number of aliphatic hydroxyl groups excluding tert-OH is 1. The van der Waals surface area contributed by atoms with Crippen LogP contribution in [0.3, 0.4) is 0 Å². The van der Waals surface area contributed by atoms with Gasteiger partial charge in [-0.3, -0.25) is 4.72 Å². The van der Waals surface area contributed by atoms with Gasteiger partial charge >= 0.3 is 0 Å². The first-order chi connectivity index (χ1) is 8.71. The maximum Gasteiger partial charge on any atom is 0.136 e. The van der Waals surface area contributed by atoms with E-state index in [4.69, 9.17) is 10.5 Å². The molecule has 1 aromatic rings. The fourth-order valence-electron chi connectivity index (χ4n) is 1.42. The van der Waals surface area contributed by atoms with Crippen LogP contribution in [0.15, 0.2) is 23.1 Å². The second kappa shape index (κ2) is 8.31. The highest BCUT2D eigenvalue weighted by atomic mass is 32.2. The molecule has 0 radical (unpaired) electrons. The number of benzene rings is 1. The van der Waals surface area contributed by atoms with Crippen molar-refractivity contribution in [1.82, 2.24) is 4.72 Å². The Bertz CT molecular complexity index is 366. The van der Waals surface area contributed by atoms with Crippen LogP contribution in [0, 0.1) is 5.82 Å². The molecule has 4 nitrogen and oxygen atoms in total. The lowest BCUT2D eigenvalue weighted by Gasteiger charge is -2.16. The quantitative estimate of drug-likeness (QED) is 0.627. The van der Waals surface area contributed by atoms with Gasteiger partial charge in [0.05, 0.1) is 18.6 Å². The third-order valence-electron chi connectivity index (χ3n) is 2.44. The van der Waals surface area contributed by atoms with Crippen molar-refractivity contribution in [3.63, 3.8) is 0 Å². The highest BCUT2D eigenvalue weighted by Gasteiger charge is 2.10. The molecule has 0 heterocycles. The lowest BCUT2D eigenvalue weighted by Crippen LogP contribution is -2.27. The van der Waals surface area contributed by atoms with E-state index in [9.17, 15) is 9.50 Å². The van der Waals surface area contributed by atoms with Gasteiger partial charge in [-0.1, -0.05) is 0 Å². The van der Waals surface area contributed by atoms with Crippen LogP contribution in [0.2, 0.25) is 0 Å². The van der Waals surface area contributed by atoms with Crippen LogP contribution in [0.5, 0.6) is 5.75 Å². The van der Waals surface area contributed by atoms with Crippen molar-refractivity contribution in [3.05, 3.63) is 24.0 Å². The van der Waals surface area contributed by atoms with Crippen molar-refractivity contribution in [2.75, 3.05) is 20.3 Å². The summed E-state index contributed by atoms with van der Waals surface area (Å²) in [4.78, 5) is 0.782. The molecular weight excluding hydrogens is 255 g/mol. The standard InChI is InChI=1S/C12H19FN2O2S/c1-17-11-7-9(13)4-5-12(11)18-15-10(8-16)3-2-6-14/h4-5,7,10,15-16H,2-3,6,8,14H2,1H3. The largest absolute Gasteiger partial charge is 0.495 e. The Hall–Kier alpha value is -0.820. The molecule has 1 aromatic carbocycles. The maximum absolute atomic E-state index is 13.0. The maximum atomic E-state index is 13.0. The van der Waals surface area contributed by atoms with Gasteiger partial charge in [0.1, 0.15) is 11.6 Å². The monoisotopic (exact) mass is 274 g/mol. The molecule has 0 saturated heterocycles. The fourth-order valence-corrected chi connectivity index (χ4v) is 2.29. The predicted octanol–water partition coefficient (Wildman–Crippen LogP) is 1.53. The van der Waals surface area contributed by atoms with Gasteiger partial charge in [-0.2, -0.15) is 0 Å². The van der Waals surface area contributed by atoms with Crippen LogP contribution in [0.1, 0.15) is 12.8 Å². The van der Waals surface area contributed by atoms with Crippen molar-refractivity contribution in [1.29, 1.82) is 0 Å². The molecule has 1 atom stereocenters. The SMILES string of the molecule is COc1cc(F)ccc1SNC(CO)CCCN. The summed E-state index contributed by atoms with van der Waals surface area (Å²) >= 11 is 1.32. The minimum atomic E-state index is -0.335. The van der Waals surface area contributed by atoms with E-state index in [0.29, 0.717) is 12.3 Å². The van der Waals surface area contributed by atoms with Crippen LogP contribution < -0.4 is 15.2 Å². The molecule has 0 fully saturated rings. The second-order valence-corrected chi connectivity index (χ2v) is 4.71. The molecule has 0 saturated carbocycles. The first kappa shape index (κ1) is 15.2. The molecule has 4 N–H and O–H groups in total. The highest BCUT2D eigenvalue weighted by molar-refractivity contribution is 7.97. The lowest BCUT2D eigenvalue weighted by molar-refractivity contribution is 0.251. The van der Waals surface area contributed by atoms with Crippen LogP contribution in [0.4, 0.5) is 4.39 Å². The Morgan fingerprint density at radius 1 is 1.56 bits per heavy atom. The smallest absolute Gasteiger partial charge is 0.136 e. The molecule has 1 rings (SSSR count). The summed E-state index contributed by atoms with van der Waals surface area (Å²) in [5, 5.41) is 9.19. The molecule has 102 valence electrons. The number of rotatable bonds is 8. The number of hydrogen-bond acceptors (Lipinski definition) is 5. The fraction of sp³-hybridized carbons (Fsp3) is 0.500. The van der Waals surface area contributed by atoms with E-state index < -0.39 is 0 Å². The summed E-state index contributed by atoms with van der Waals surface area (Å²) < 4.78 is 21.2. The third-order valence-corrected chi connectivity index (χ3v) is 3.45. The number of halogens is 1. The molecule has 0 aliphatic heterocycles.